The Labute approximate surface area is 713 Å². The van der Waals surface area contributed by atoms with E-state index in [0.29, 0.717) is 0 Å². The lowest BCUT2D eigenvalue weighted by Gasteiger charge is -2.14. The van der Waals surface area contributed by atoms with E-state index in [0.717, 1.165) is 0 Å². The second kappa shape index (κ2) is 35.4. The summed E-state index contributed by atoms with van der Waals surface area (Å²) in [7, 11) is 0. The number of rotatable bonds is 18. The van der Waals surface area contributed by atoms with Gasteiger partial charge in [-0.1, -0.05) is 176 Å². The predicted molar refractivity (Wildman–Crippen MR) is 450 cm³/mol. The number of esters is 6. The minimum Gasteiger partial charge on any atom is -0.462 e. The molecule has 0 fully saturated rings. The van der Waals surface area contributed by atoms with E-state index in [1.54, 1.807) is 151 Å². The number of hydrogen-bond acceptors (Lipinski definition) is 12. The summed E-state index contributed by atoms with van der Waals surface area (Å²) in [6.07, 6.45) is -2.11. The average molecular weight is 1780 g/mol. The monoisotopic (exact) mass is 1770 g/mol. The van der Waals surface area contributed by atoms with Crippen molar-refractivity contribution in [3.63, 3.8) is 0 Å². The van der Waals surface area contributed by atoms with Crippen LogP contribution in [-0.2, 0) is 66.9 Å². The molecule has 0 amide bonds. The molecule has 13 rings (SSSR count). The third-order valence-corrected chi connectivity index (χ3v) is 23.0. The summed E-state index contributed by atoms with van der Waals surface area (Å²) in [5, 5.41) is 0.995. The van der Waals surface area contributed by atoms with Gasteiger partial charge in [-0.2, -0.15) is 0 Å². The summed E-state index contributed by atoms with van der Waals surface area (Å²) in [4.78, 5) is 115. The third-order valence-electron chi connectivity index (χ3n) is 19.2. The fraction of sp³-hybridized carbons (Fsp3) is 0.214. The van der Waals surface area contributed by atoms with Crippen LogP contribution in [0.3, 0.4) is 0 Å². The Morgan fingerprint density at radius 2 is 0.325 bits per heavy atom. The van der Waals surface area contributed by atoms with Gasteiger partial charge in [-0.05, 0) is 114 Å². The zero-order valence-electron chi connectivity index (χ0n) is 61.3. The van der Waals surface area contributed by atoms with Gasteiger partial charge < -0.3 is 58.3 Å². The molecular weight excluding hydrogens is 1710 g/mol. The number of carbonyl (C=O) groups is 6. The lowest BCUT2D eigenvalue weighted by Crippen LogP contribution is -2.10. The van der Waals surface area contributed by atoms with Gasteiger partial charge in [-0.3, -0.25) is 0 Å². The number of fused-ring (bicyclic) bond motifs is 12. The minimum atomic E-state index is -0.868. The Balaban J connectivity index is 1.25. The van der Waals surface area contributed by atoms with E-state index in [1.165, 1.54) is 0 Å². The lowest BCUT2D eigenvalue weighted by molar-refractivity contribution is 0.0516. The van der Waals surface area contributed by atoms with Crippen molar-refractivity contribution < 1.29 is 57.2 Å². The Bertz CT molecular complexity index is 4850. The lowest BCUT2D eigenvalue weighted by atomic mass is 9.92. The molecule has 0 saturated heterocycles. The van der Waals surface area contributed by atoms with Crippen LogP contribution >= 0.6 is 139 Å². The van der Waals surface area contributed by atoms with Crippen molar-refractivity contribution in [2.75, 3.05) is 39.6 Å². The smallest absolute Gasteiger partial charge is 0.340 e. The number of nitrogens with one attached hydrogen (secondary N) is 6. The topological polar surface area (TPSA) is 253 Å². The third kappa shape index (κ3) is 15.8. The van der Waals surface area contributed by atoms with E-state index in [4.69, 9.17) is 168 Å². The van der Waals surface area contributed by atoms with Crippen molar-refractivity contribution in [3.05, 3.63) is 271 Å². The van der Waals surface area contributed by atoms with Crippen molar-refractivity contribution >= 4 is 175 Å². The first-order chi connectivity index (χ1) is 54.8. The first-order valence-electron chi connectivity index (χ1n) is 35.9. The molecule has 6 aromatic carbocycles. The fourth-order valence-corrected chi connectivity index (χ4v) is 18.5. The molecule has 0 saturated carbocycles. The number of halogens is 12. The highest BCUT2D eigenvalue weighted by atomic mass is 35.5. The molecule has 12 aromatic rings. The fourth-order valence-electron chi connectivity index (χ4n) is 15.0. The molecule has 0 aliphatic carbocycles. The van der Waals surface area contributed by atoms with Crippen LogP contribution in [0, 0.1) is 0 Å². The molecule has 114 heavy (non-hydrogen) atoms. The summed E-state index contributed by atoms with van der Waals surface area (Å²) in [6.45, 7) is 8.94. The van der Waals surface area contributed by atoms with E-state index in [2.05, 4.69) is 29.9 Å². The van der Waals surface area contributed by atoms with E-state index in [1.807, 2.05) is 0 Å². The van der Waals surface area contributed by atoms with E-state index >= 15 is 28.8 Å². The predicted octanol–water partition coefficient (Wildman–Crippen LogP) is 24.4. The normalized spacial score (nSPS) is 12.2. The van der Waals surface area contributed by atoms with Gasteiger partial charge in [-0.15, -0.1) is 0 Å². The molecule has 0 atom stereocenters. The molecule has 6 aromatic heterocycles. The Hall–Kier alpha value is -8.70. The van der Waals surface area contributed by atoms with Gasteiger partial charge in [0.2, 0.25) is 0 Å². The zero-order chi connectivity index (χ0) is 81.4. The second-order valence-corrected chi connectivity index (χ2v) is 30.8. The number of benzene rings is 6. The van der Waals surface area contributed by atoms with Crippen molar-refractivity contribution in [1.82, 2.24) is 29.9 Å². The molecular formula is C84H66Cl12N6O12. The van der Waals surface area contributed by atoms with Gasteiger partial charge in [0.05, 0.1) is 73.0 Å². The second-order valence-electron chi connectivity index (χ2n) is 26.0. The molecule has 12 bridgehead atoms. The van der Waals surface area contributed by atoms with Crippen LogP contribution in [0.2, 0.25) is 60.3 Å². The van der Waals surface area contributed by atoms with Gasteiger partial charge in [0.25, 0.3) is 0 Å². The average Bonchev–Trinajstić information content (AvgIpc) is 1.58. The molecule has 588 valence electrons. The van der Waals surface area contributed by atoms with E-state index in [9.17, 15) is 0 Å². The van der Waals surface area contributed by atoms with E-state index < -0.39 is 35.8 Å². The summed E-state index contributed by atoms with van der Waals surface area (Å²) in [5.41, 5.74) is 2.93. The van der Waals surface area contributed by atoms with Gasteiger partial charge in [0.15, 0.2) is 0 Å². The van der Waals surface area contributed by atoms with Crippen LogP contribution in [0.15, 0.2) is 109 Å². The van der Waals surface area contributed by atoms with Crippen LogP contribution in [0.25, 0.3) is 66.8 Å². The van der Waals surface area contributed by atoms with Crippen LogP contribution in [0.4, 0.5) is 0 Å². The Morgan fingerprint density at radius 3 is 0.430 bits per heavy atom. The van der Waals surface area contributed by atoms with Crippen molar-refractivity contribution in [3.8, 4) is 66.8 Å². The van der Waals surface area contributed by atoms with Crippen LogP contribution < -0.4 is 0 Å². The highest BCUT2D eigenvalue weighted by molar-refractivity contribution is 6.43. The molecule has 18 nitrogen and oxygen atoms in total. The molecule has 0 spiro atoms. The summed E-state index contributed by atoms with van der Waals surface area (Å²) >= 11 is 88.1. The molecule has 1 aliphatic heterocycles. The maximum Gasteiger partial charge on any atom is 0.340 e. The number of carbonyl (C=O) groups excluding carboxylic acids is 6. The first-order valence-corrected chi connectivity index (χ1v) is 40.4. The number of hydrogen-bond donors (Lipinski definition) is 6. The Kier molecular flexibility index (Phi) is 25.9. The van der Waals surface area contributed by atoms with Gasteiger partial charge >= 0.3 is 35.8 Å². The number of aromatic amines is 6. The SMILES string of the molecule is CCOC(=O)c1c2[nH]c(c1-c1c(Cl)cccc1Cl)Cc1[nH]c(c(-c3c(Cl)cccc3Cl)c1C(=O)OCC)Cc1[nH]c(c(-c3c(Cl)cccc3Cl)c1C(=O)OCC)Cc1[nH]c(c(-c3c(Cl)cccc3Cl)c1C(=O)OCC)Cc1[nH]c(c(-c3c(Cl)cccc3Cl)c1C(=O)OCC)Cc1[nH]c(c(-c3c(Cl)cccc3Cl)c1C(=O)OCC)C2. The Morgan fingerprint density at radius 1 is 0.211 bits per heavy atom. The van der Waals surface area contributed by atoms with E-state index in [-0.39, 0.29) is 307 Å². The molecule has 30 heteroatoms. The maximum atomic E-state index is 15.6. The summed E-state index contributed by atoms with van der Waals surface area (Å²) in [5.74, 6) is -5.21. The van der Waals surface area contributed by atoms with Gasteiger partial charge in [0, 0.05) is 234 Å². The summed E-state index contributed by atoms with van der Waals surface area (Å²) in [6, 6.07) is 28.8. The van der Waals surface area contributed by atoms with Gasteiger partial charge in [0.1, 0.15) is 0 Å². The van der Waals surface area contributed by atoms with Crippen molar-refractivity contribution in [1.29, 1.82) is 0 Å². The number of ether oxygens (including phenoxy) is 6. The standard InChI is InChI=1S/C84H66Cl12N6O12/c1-7-109-79(103)73-55-31-50-68(62-39(87)21-14-22-40(62)88)75(81(105)111-9-3)57(98-50)33-52-70(64-43(91)25-16-26-44(64)92)77(83(107)113-11-5)59(100-52)35-54-72(66-47(95)29-18-30-48(66)96)78(84(108)114-12-6)60(102-54)36-53-71(65-45(93)27-17-28-46(65)94)76(82(106)112-10-4)58(101-53)34-51-69(63-41(89)23-15-24-42(63)90)74(80(104)110-8-2)56(99-51)32-49(97-55)67(73)61-37(85)19-13-20-38(61)86/h13-30,97-102H,7-12,31-36H2,1-6H3. The number of H-pyrrole nitrogens is 6. The highest BCUT2D eigenvalue weighted by Crippen LogP contribution is 2.52. The molecule has 7 heterocycles. The maximum absolute atomic E-state index is 15.6. The van der Waals surface area contributed by atoms with Crippen LogP contribution in [0.1, 0.15) is 172 Å². The largest absolute Gasteiger partial charge is 0.462 e. The number of aromatic nitrogens is 6. The van der Waals surface area contributed by atoms with Crippen LogP contribution in [0.5, 0.6) is 0 Å². The molecule has 6 N–H and O–H groups in total. The highest BCUT2D eigenvalue weighted by Gasteiger charge is 2.40. The minimum absolute atomic E-state index is 0.0829. The zero-order valence-corrected chi connectivity index (χ0v) is 70.4. The van der Waals surface area contributed by atoms with Crippen molar-refractivity contribution in [2.45, 2.75) is 80.1 Å². The molecule has 0 radical (unpaired) electrons. The molecule has 0 unspecified atom stereocenters. The first kappa shape index (κ1) is 83.3. The van der Waals surface area contributed by atoms with Crippen LogP contribution in [-0.4, -0.2) is 105 Å². The quantitative estimate of drug-likeness (QED) is 0.0347. The molecule has 1 aliphatic rings. The van der Waals surface area contributed by atoms with Gasteiger partial charge in [-0.25, -0.2) is 28.8 Å². The summed E-state index contributed by atoms with van der Waals surface area (Å²) < 4.78 is 36.1. The van der Waals surface area contributed by atoms with Crippen molar-refractivity contribution in [2.24, 2.45) is 0 Å².